The number of thiazole rings is 1. The van der Waals surface area contributed by atoms with Crippen molar-refractivity contribution in [3.63, 3.8) is 0 Å². The van der Waals surface area contributed by atoms with E-state index in [1.807, 2.05) is 30.3 Å². The van der Waals surface area contributed by atoms with Gasteiger partial charge in [0.25, 0.3) is 0 Å². The molecule has 0 bridgehead atoms. The SMILES string of the molecule is CC[C@@H](C(=O)[O-])n1c(O)c(/C=C2\C=NN=C2c2ccccc2)sc1=S. The minimum absolute atomic E-state index is 0.189. The number of aromatic nitrogens is 1. The molecule has 1 aliphatic rings. The van der Waals surface area contributed by atoms with Gasteiger partial charge < -0.3 is 15.0 Å². The first kappa shape index (κ1) is 17.2. The van der Waals surface area contributed by atoms with Crippen LogP contribution in [0, 0.1) is 3.95 Å². The second kappa shape index (κ2) is 7.12. The van der Waals surface area contributed by atoms with Crippen molar-refractivity contribution in [2.45, 2.75) is 19.4 Å². The summed E-state index contributed by atoms with van der Waals surface area (Å²) in [5.41, 5.74) is 2.29. The lowest BCUT2D eigenvalue weighted by Crippen LogP contribution is -2.32. The van der Waals surface area contributed by atoms with Crippen molar-refractivity contribution in [3.8, 4) is 5.88 Å². The fourth-order valence-electron chi connectivity index (χ4n) is 2.55. The van der Waals surface area contributed by atoms with Gasteiger partial charge in [-0.15, -0.1) is 16.4 Å². The van der Waals surface area contributed by atoms with E-state index in [4.69, 9.17) is 12.2 Å². The molecule has 1 aliphatic heterocycles. The van der Waals surface area contributed by atoms with E-state index >= 15 is 0 Å². The average molecular weight is 372 g/mol. The van der Waals surface area contributed by atoms with Crippen molar-refractivity contribution in [2.24, 2.45) is 10.2 Å². The van der Waals surface area contributed by atoms with E-state index in [2.05, 4.69) is 10.2 Å². The number of hydrogen-bond donors (Lipinski definition) is 1. The quantitative estimate of drug-likeness (QED) is 0.817. The first-order valence-corrected chi connectivity index (χ1v) is 8.79. The van der Waals surface area contributed by atoms with Gasteiger partial charge in [0, 0.05) is 11.1 Å². The Morgan fingerprint density at radius 3 is 2.80 bits per heavy atom. The van der Waals surface area contributed by atoms with Crippen molar-refractivity contribution in [3.05, 3.63) is 50.3 Å². The molecule has 8 heteroatoms. The van der Waals surface area contributed by atoms with Crippen molar-refractivity contribution in [2.75, 3.05) is 0 Å². The Morgan fingerprint density at radius 2 is 2.16 bits per heavy atom. The Balaban J connectivity index is 2.03. The maximum Gasteiger partial charge on any atom is 0.211 e. The summed E-state index contributed by atoms with van der Waals surface area (Å²) < 4.78 is 1.49. The van der Waals surface area contributed by atoms with Crippen LogP contribution in [0.2, 0.25) is 0 Å². The summed E-state index contributed by atoms with van der Waals surface area (Å²) in [7, 11) is 0. The molecule has 2 aromatic rings. The van der Waals surface area contributed by atoms with E-state index in [0.29, 0.717) is 16.2 Å². The number of rotatable bonds is 5. The fraction of sp³-hybridized carbons (Fsp3) is 0.176. The van der Waals surface area contributed by atoms with Crippen LogP contribution in [0.4, 0.5) is 0 Å². The molecule has 1 atom stereocenters. The van der Waals surface area contributed by atoms with Gasteiger partial charge in [0.2, 0.25) is 5.88 Å². The van der Waals surface area contributed by atoms with E-state index in [1.165, 1.54) is 4.57 Å². The summed E-state index contributed by atoms with van der Waals surface area (Å²) in [6, 6.07) is 8.53. The molecule has 0 radical (unpaired) electrons. The predicted molar refractivity (Wildman–Crippen MR) is 98.6 cm³/mol. The highest BCUT2D eigenvalue weighted by atomic mass is 32.1. The van der Waals surface area contributed by atoms with E-state index in [0.717, 1.165) is 16.9 Å². The highest BCUT2D eigenvalue weighted by molar-refractivity contribution is 7.73. The monoisotopic (exact) mass is 372 g/mol. The van der Waals surface area contributed by atoms with Crippen molar-refractivity contribution in [1.29, 1.82) is 0 Å². The standard InChI is InChI=1S/C17H15N3O3S2/c1-2-12(16(22)23)20-15(21)13(25-17(20)24)8-11-9-18-19-14(11)10-6-4-3-5-7-10/h3-9,12,21H,2H2,1H3,(H,22,23)/p-1/b11-8+/t12-/m0/s1. The van der Waals surface area contributed by atoms with E-state index < -0.39 is 12.0 Å². The van der Waals surface area contributed by atoms with Crippen LogP contribution in [0.3, 0.4) is 0 Å². The van der Waals surface area contributed by atoms with Gasteiger partial charge >= 0.3 is 0 Å². The van der Waals surface area contributed by atoms with Gasteiger partial charge in [-0.05, 0) is 24.7 Å². The summed E-state index contributed by atoms with van der Waals surface area (Å²) >= 11 is 6.35. The number of carbonyl (C=O) groups is 1. The van der Waals surface area contributed by atoms with Crippen LogP contribution in [0.25, 0.3) is 6.08 Å². The van der Waals surface area contributed by atoms with Crippen LogP contribution in [0.5, 0.6) is 5.88 Å². The highest BCUT2D eigenvalue weighted by Crippen LogP contribution is 2.33. The van der Waals surface area contributed by atoms with Gasteiger partial charge in [-0.2, -0.15) is 5.10 Å². The van der Waals surface area contributed by atoms with Crippen LogP contribution in [0.1, 0.15) is 29.8 Å². The van der Waals surface area contributed by atoms with Crippen LogP contribution < -0.4 is 5.11 Å². The molecule has 0 amide bonds. The molecule has 3 rings (SSSR count). The molecule has 25 heavy (non-hydrogen) atoms. The van der Waals surface area contributed by atoms with Gasteiger partial charge in [-0.1, -0.05) is 37.3 Å². The molecule has 1 aromatic carbocycles. The van der Waals surface area contributed by atoms with Crippen molar-refractivity contribution in [1.82, 2.24) is 4.57 Å². The maximum atomic E-state index is 11.3. The Labute approximate surface area is 153 Å². The van der Waals surface area contributed by atoms with E-state index in [9.17, 15) is 15.0 Å². The number of allylic oxidation sites excluding steroid dienone is 1. The zero-order valence-electron chi connectivity index (χ0n) is 13.2. The Kier molecular flexibility index (Phi) is 4.91. The fourth-order valence-corrected chi connectivity index (χ4v) is 3.91. The molecule has 128 valence electrons. The van der Waals surface area contributed by atoms with E-state index in [1.54, 1.807) is 19.2 Å². The molecule has 1 aromatic heterocycles. The Hall–Kier alpha value is -2.58. The van der Waals surface area contributed by atoms with Crippen LogP contribution in [-0.4, -0.2) is 27.6 Å². The minimum atomic E-state index is -1.28. The summed E-state index contributed by atoms with van der Waals surface area (Å²) in [6.45, 7) is 1.70. The molecule has 0 fully saturated rings. The number of hydrogen-bond acceptors (Lipinski definition) is 7. The molecule has 0 saturated heterocycles. The predicted octanol–water partition coefficient (Wildman–Crippen LogP) is 2.56. The molecule has 2 heterocycles. The second-order valence-corrected chi connectivity index (χ2v) is 7.00. The number of aliphatic carboxylic acids is 1. The van der Waals surface area contributed by atoms with Gasteiger partial charge in [0.05, 0.1) is 23.1 Å². The number of nitrogens with zero attached hydrogens (tertiary/aromatic N) is 3. The smallest absolute Gasteiger partial charge is 0.211 e. The molecule has 0 saturated carbocycles. The largest absolute Gasteiger partial charge is 0.548 e. The molecule has 0 aliphatic carbocycles. The molecule has 0 unspecified atom stereocenters. The van der Waals surface area contributed by atoms with Gasteiger partial charge in [0.1, 0.15) is 5.71 Å². The zero-order chi connectivity index (χ0) is 18.0. The third-order valence-electron chi connectivity index (χ3n) is 3.77. The topological polar surface area (TPSA) is 90.0 Å². The minimum Gasteiger partial charge on any atom is -0.548 e. The van der Waals surface area contributed by atoms with Crippen LogP contribution in [-0.2, 0) is 4.79 Å². The number of benzene rings is 1. The van der Waals surface area contributed by atoms with Crippen LogP contribution >= 0.6 is 23.6 Å². The number of carbonyl (C=O) groups excluding carboxylic acids is 1. The molecular formula is C17H14N3O3S2-. The van der Waals surface area contributed by atoms with Crippen LogP contribution in [0.15, 0.2) is 46.1 Å². The Bertz CT molecular complexity index is 955. The molecule has 6 nitrogen and oxygen atoms in total. The summed E-state index contributed by atoms with van der Waals surface area (Å²) in [6.07, 6.45) is 3.55. The second-order valence-electron chi connectivity index (χ2n) is 5.33. The number of aromatic hydroxyl groups is 1. The van der Waals surface area contributed by atoms with Crippen molar-refractivity contribution < 1.29 is 15.0 Å². The van der Waals surface area contributed by atoms with Gasteiger partial charge in [0.15, 0.2) is 3.95 Å². The summed E-state index contributed by atoms with van der Waals surface area (Å²) in [4.78, 5) is 11.7. The first-order chi connectivity index (χ1) is 12.0. The molecular weight excluding hydrogens is 358 g/mol. The number of carboxylic acid groups (broad SMARTS) is 1. The van der Waals surface area contributed by atoms with Gasteiger partial charge in [-0.3, -0.25) is 4.57 Å². The lowest BCUT2D eigenvalue weighted by molar-refractivity contribution is -0.310. The lowest BCUT2D eigenvalue weighted by atomic mass is 10.0. The maximum absolute atomic E-state index is 11.3. The lowest BCUT2D eigenvalue weighted by Gasteiger charge is -2.18. The van der Waals surface area contributed by atoms with Crippen molar-refractivity contribution >= 4 is 47.5 Å². The Morgan fingerprint density at radius 1 is 1.44 bits per heavy atom. The third kappa shape index (κ3) is 3.31. The normalized spacial score (nSPS) is 16.2. The highest BCUT2D eigenvalue weighted by Gasteiger charge is 2.20. The number of carboxylic acids is 1. The summed E-state index contributed by atoms with van der Waals surface area (Å²) in [5, 5.41) is 29.8. The van der Waals surface area contributed by atoms with E-state index in [-0.39, 0.29) is 16.3 Å². The molecule has 0 spiro atoms. The molecule has 1 N–H and O–H groups in total. The third-order valence-corrected chi connectivity index (χ3v) is 5.11. The summed E-state index contributed by atoms with van der Waals surface area (Å²) in [5.74, 6) is -1.47. The average Bonchev–Trinajstić information content (AvgIpc) is 3.16. The zero-order valence-corrected chi connectivity index (χ0v) is 14.9. The first-order valence-electron chi connectivity index (χ1n) is 7.56. The van der Waals surface area contributed by atoms with Gasteiger partial charge in [-0.25, -0.2) is 0 Å².